The van der Waals surface area contributed by atoms with Crippen LogP contribution in [0.3, 0.4) is 0 Å². The number of nitrogens with zero attached hydrogens (tertiary/aromatic N) is 1. The summed E-state index contributed by atoms with van der Waals surface area (Å²) in [5, 5.41) is 0. The fourth-order valence-electron chi connectivity index (χ4n) is 2.47. The van der Waals surface area contributed by atoms with Crippen LogP contribution in [-0.2, 0) is 4.74 Å². The van der Waals surface area contributed by atoms with Gasteiger partial charge in [0, 0.05) is 31.3 Å². The van der Waals surface area contributed by atoms with E-state index in [1.54, 1.807) is 0 Å². The number of ether oxygens (including phenoxy) is 1. The summed E-state index contributed by atoms with van der Waals surface area (Å²) >= 11 is 0. The van der Waals surface area contributed by atoms with Crippen molar-refractivity contribution < 1.29 is 4.74 Å². The average molecular weight is 198 g/mol. The van der Waals surface area contributed by atoms with Crippen molar-refractivity contribution in [2.45, 2.75) is 50.7 Å². The summed E-state index contributed by atoms with van der Waals surface area (Å²) in [5.74, 6) is 0. The van der Waals surface area contributed by atoms with Crippen LogP contribution in [0.1, 0.15) is 32.6 Å². The lowest BCUT2D eigenvalue weighted by atomic mass is 10.1. The highest BCUT2D eigenvalue weighted by molar-refractivity contribution is 4.92. The maximum absolute atomic E-state index is 5.76. The van der Waals surface area contributed by atoms with Crippen molar-refractivity contribution in [3.8, 4) is 0 Å². The quantitative estimate of drug-likeness (QED) is 0.731. The molecule has 2 fully saturated rings. The van der Waals surface area contributed by atoms with Gasteiger partial charge in [-0.3, -0.25) is 4.90 Å². The summed E-state index contributed by atoms with van der Waals surface area (Å²) in [6.07, 6.45) is 5.23. The Kier molecular flexibility index (Phi) is 3.42. The highest BCUT2D eigenvalue weighted by Crippen LogP contribution is 2.32. The highest BCUT2D eigenvalue weighted by Gasteiger charge is 2.37. The zero-order valence-corrected chi connectivity index (χ0v) is 9.11. The van der Waals surface area contributed by atoms with Gasteiger partial charge in [-0.2, -0.15) is 0 Å². The largest absolute Gasteiger partial charge is 0.380 e. The zero-order chi connectivity index (χ0) is 9.97. The van der Waals surface area contributed by atoms with Gasteiger partial charge in [0.05, 0.1) is 6.61 Å². The fraction of sp³-hybridized carbons (Fsp3) is 1.00. The Bertz CT molecular complexity index is 176. The second kappa shape index (κ2) is 4.60. The van der Waals surface area contributed by atoms with Crippen molar-refractivity contribution in [1.29, 1.82) is 0 Å². The van der Waals surface area contributed by atoms with E-state index in [1.807, 2.05) is 0 Å². The Morgan fingerprint density at radius 1 is 1.36 bits per heavy atom. The lowest BCUT2D eigenvalue weighted by Crippen LogP contribution is -2.49. The molecule has 0 spiro atoms. The van der Waals surface area contributed by atoms with Crippen molar-refractivity contribution in [3.05, 3.63) is 0 Å². The number of nitrogens with two attached hydrogens (primary N) is 1. The molecule has 0 aromatic rings. The Labute approximate surface area is 86.6 Å². The van der Waals surface area contributed by atoms with Crippen LogP contribution in [0.5, 0.6) is 0 Å². The van der Waals surface area contributed by atoms with Crippen LogP contribution in [0.4, 0.5) is 0 Å². The van der Waals surface area contributed by atoms with E-state index in [2.05, 4.69) is 11.8 Å². The molecule has 14 heavy (non-hydrogen) atoms. The second-order valence-electron chi connectivity index (χ2n) is 4.63. The summed E-state index contributed by atoms with van der Waals surface area (Å²) in [4.78, 5) is 2.61. The van der Waals surface area contributed by atoms with E-state index in [0.29, 0.717) is 12.1 Å². The van der Waals surface area contributed by atoms with E-state index in [0.717, 1.165) is 25.8 Å². The van der Waals surface area contributed by atoms with Crippen LogP contribution >= 0.6 is 0 Å². The third-order valence-corrected chi connectivity index (χ3v) is 3.38. The summed E-state index contributed by atoms with van der Waals surface area (Å²) in [5.41, 5.74) is 5.76. The topological polar surface area (TPSA) is 38.5 Å². The average Bonchev–Trinajstić information content (AvgIpc) is 3.04. The summed E-state index contributed by atoms with van der Waals surface area (Å²) < 4.78 is 5.55. The molecule has 1 aliphatic heterocycles. The molecule has 0 aromatic heterocycles. The minimum absolute atomic E-state index is 0.522. The van der Waals surface area contributed by atoms with E-state index in [4.69, 9.17) is 10.5 Å². The smallest absolute Gasteiger partial charge is 0.0622 e. The fourth-order valence-corrected chi connectivity index (χ4v) is 2.47. The predicted octanol–water partition coefficient (Wildman–Crippen LogP) is 0.977. The van der Waals surface area contributed by atoms with Crippen molar-refractivity contribution in [3.63, 3.8) is 0 Å². The second-order valence-corrected chi connectivity index (χ2v) is 4.63. The molecule has 1 saturated heterocycles. The Morgan fingerprint density at radius 3 is 2.64 bits per heavy atom. The summed E-state index contributed by atoms with van der Waals surface area (Å²) in [7, 11) is 0. The molecule has 2 rings (SSSR count). The minimum Gasteiger partial charge on any atom is -0.380 e. The van der Waals surface area contributed by atoms with Gasteiger partial charge >= 0.3 is 0 Å². The summed E-state index contributed by atoms with van der Waals surface area (Å²) in [6, 6.07) is 1.96. The van der Waals surface area contributed by atoms with E-state index >= 15 is 0 Å². The van der Waals surface area contributed by atoms with E-state index in [9.17, 15) is 0 Å². The molecule has 3 heteroatoms. The first-order valence-electron chi connectivity index (χ1n) is 5.88. The van der Waals surface area contributed by atoms with Gasteiger partial charge in [0.15, 0.2) is 0 Å². The van der Waals surface area contributed by atoms with Crippen LogP contribution in [0.2, 0.25) is 0 Å². The van der Waals surface area contributed by atoms with Crippen molar-refractivity contribution in [2.75, 3.05) is 19.8 Å². The van der Waals surface area contributed by atoms with Gasteiger partial charge < -0.3 is 10.5 Å². The normalized spacial score (nSPS) is 30.6. The standard InChI is InChI=1S/C11H22N2O/c1-9(7-12)13(10-4-5-10)11-3-2-6-14-8-11/h9-11H,2-8,12H2,1H3. The molecule has 0 radical (unpaired) electrons. The monoisotopic (exact) mass is 198 g/mol. The van der Waals surface area contributed by atoms with Crippen molar-refractivity contribution in [1.82, 2.24) is 4.90 Å². The van der Waals surface area contributed by atoms with Gasteiger partial charge in [0.1, 0.15) is 0 Å². The lowest BCUT2D eigenvalue weighted by Gasteiger charge is -2.38. The molecule has 0 amide bonds. The third-order valence-electron chi connectivity index (χ3n) is 3.38. The van der Waals surface area contributed by atoms with Crippen molar-refractivity contribution >= 4 is 0 Å². The first-order valence-corrected chi connectivity index (χ1v) is 5.88. The lowest BCUT2D eigenvalue weighted by molar-refractivity contribution is 0.000230. The first-order chi connectivity index (χ1) is 6.83. The van der Waals surface area contributed by atoms with Gasteiger partial charge in [0.2, 0.25) is 0 Å². The molecular weight excluding hydrogens is 176 g/mol. The maximum atomic E-state index is 5.76. The Morgan fingerprint density at radius 2 is 2.14 bits per heavy atom. The summed E-state index contributed by atoms with van der Waals surface area (Å²) in [6.45, 7) is 4.88. The van der Waals surface area contributed by atoms with Crippen LogP contribution in [0.15, 0.2) is 0 Å². The molecule has 1 saturated carbocycles. The molecule has 1 heterocycles. The SMILES string of the molecule is CC(CN)N(C1CC1)C1CCCOC1. The van der Waals surface area contributed by atoms with Gasteiger partial charge in [-0.05, 0) is 32.6 Å². The molecule has 2 unspecified atom stereocenters. The Balaban J connectivity index is 1.93. The number of rotatable bonds is 4. The number of hydrogen-bond acceptors (Lipinski definition) is 3. The number of hydrogen-bond donors (Lipinski definition) is 1. The van der Waals surface area contributed by atoms with Crippen LogP contribution < -0.4 is 5.73 Å². The molecule has 82 valence electrons. The third kappa shape index (κ3) is 2.27. The highest BCUT2D eigenvalue weighted by atomic mass is 16.5. The van der Waals surface area contributed by atoms with Gasteiger partial charge in [-0.25, -0.2) is 0 Å². The molecule has 0 aromatic carbocycles. The minimum atomic E-state index is 0.522. The van der Waals surface area contributed by atoms with Crippen LogP contribution in [0, 0.1) is 0 Å². The molecule has 2 atom stereocenters. The predicted molar refractivity (Wildman–Crippen MR) is 57.2 cm³/mol. The molecule has 3 nitrogen and oxygen atoms in total. The van der Waals surface area contributed by atoms with Gasteiger partial charge in [0.25, 0.3) is 0 Å². The van der Waals surface area contributed by atoms with Gasteiger partial charge in [-0.15, -0.1) is 0 Å². The molecule has 1 aliphatic carbocycles. The zero-order valence-electron chi connectivity index (χ0n) is 9.11. The molecule has 2 aliphatic rings. The van der Waals surface area contributed by atoms with Gasteiger partial charge in [-0.1, -0.05) is 0 Å². The van der Waals surface area contributed by atoms with Crippen LogP contribution in [-0.4, -0.2) is 42.8 Å². The molecular formula is C11H22N2O. The molecule has 0 bridgehead atoms. The van der Waals surface area contributed by atoms with E-state index in [-0.39, 0.29) is 0 Å². The maximum Gasteiger partial charge on any atom is 0.0622 e. The Hall–Kier alpha value is -0.120. The molecule has 2 N–H and O–H groups in total. The van der Waals surface area contributed by atoms with Crippen LogP contribution in [0.25, 0.3) is 0 Å². The van der Waals surface area contributed by atoms with E-state index < -0.39 is 0 Å². The van der Waals surface area contributed by atoms with Crippen molar-refractivity contribution in [2.24, 2.45) is 5.73 Å². The van der Waals surface area contributed by atoms with E-state index in [1.165, 1.54) is 25.7 Å². The first kappa shape index (κ1) is 10.4.